The fourth-order valence-electron chi connectivity index (χ4n) is 10.6. The Morgan fingerprint density at radius 1 is 0.306 bits per heavy atom. The first-order valence-electron chi connectivity index (χ1n) is 25.5. The molecule has 2 nitrogen and oxygen atoms in total. The van der Waals surface area contributed by atoms with E-state index >= 15 is 0 Å². The molecule has 0 saturated heterocycles. The van der Waals surface area contributed by atoms with Crippen molar-refractivity contribution in [2.75, 3.05) is 0 Å². The molecule has 0 aromatic heterocycles. The lowest BCUT2D eigenvalue weighted by molar-refractivity contribution is 0.795. The second-order valence-corrected chi connectivity index (χ2v) is 19.3. The molecule has 12 aromatic rings. The highest BCUT2D eigenvalue weighted by atomic mass is 32.1. The van der Waals surface area contributed by atoms with Crippen molar-refractivity contribution in [1.82, 2.24) is 0 Å². The van der Waals surface area contributed by atoms with Gasteiger partial charge in [0.05, 0.1) is 0 Å². The average molecular weight is 949 g/mol. The van der Waals surface area contributed by atoms with E-state index in [4.69, 9.17) is 0 Å². The lowest BCUT2D eigenvalue weighted by atomic mass is 9.85. The van der Waals surface area contributed by atoms with E-state index in [0.717, 1.165) is 12.8 Å². The molecule has 12 rings (SSSR count). The third-order valence-electron chi connectivity index (χ3n) is 14.1. The van der Waals surface area contributed by atoms with Gasteiger partial charge in [-0.15, -0.1) is 0 Å². The second kappa shape index (κ2) is 21.9. The molecule has 0 bridgehead atoms. The van der Waals surface area contributed by atoms with E-state index in [0.29, 0.717) is 0 Å². The van der Waals surface area contributed by atoms with E-state index in [9.17, 15) is 0 Å². The Bertz CT molecular complexity index is 3500. The zero-order chi connectivity index (χ0) is 49.4. The van der Waals surface area contributed by atoms with Gasteiger partial charge in [0.15, 0.2) is 5.11 Å². The number of thiocarbonyl (C=S) groups is 1. The van der Waals surface area contributed by atoms with Crippen molar-refractivity contribution < 1.29 is 0 Å². The van der Waals surface area contributed by atoms with Gasteiger partial charge in [0.2, 0.25) is 0 Å². The number of hydrogen-bond donors (Lipinski definition) is 2. The molecule has 0 saturated carbocycles. The number of aryl methyl sites for hydroxylation is 2. The Hall–Kier alpha value is -8.11. The Morgan fingerprint density at radius 2 is 0.542 bits per heavy atom. The Morgan fingerprint density at radius 3 is 0.819 bits per heavy atom. The van der Waals surface area contributed by atoms with E-state index in [1.54, 1.807) is 0 Å². The summed E-state index contributed by atoms with van der Waals surface area (Å²) in [7, 11) is 0. The van der Waals surface area contributed by atoms with Crippen LogP contribution >= 0.6 is 12.2 Å². The maximum absolute atomic E-state index is 4.62. The normalized spacial score (nSPS) is 11.1. The molecule has 0 radical (unpaired) electrons. The minimum atomic E-state index is 0.000000000000000222. The molecule has 0 fully saturated rings. The summed E-state index contributed by atoms with van der Waals surface area (Å²) in [4.78, 5) is 0. The van der Waals surface area contributed by atoms with Crippen molar-refractivity contribution in [1.29, 1.82) is 0 Å². The zero-order valence-corrected chi connectivity index (χ0v) is 42.1. The van der Waals surface area contributed by atoms with Gasteiger partial charge in [0, 0.05) is 0 Å². The van der Waals surface area contributed by atoms with Gasteiger partial charge in [-0.2, -0.15) is 0 Å². The molecule has 0 aliphatic carbocycles. The molecular weight excluding hydrogens is 889 g/mol. The van der Waals surface area contributed by atoms with Crippen LogP contribution in [0.3, 0.4) is 0 Å². The molecule has 0 heterocycles. The number of benzene rings is 12. The van der Waals surface area contributed by atoms with Crippen LogP contribution in [0.25, 0.3) is 109 Å². The van der Waals surface area contributed by atoms with E-state index in [2.05, 4.69) is 268 Å². The van der Waals surface area contributed by atoms with Gasteiger partial charge in [-0.1, -0.05) is 245 Å². The Kier molecular flexibility index (Phi) is 14.5. The summed E-state index contributed by atoms with van der Waals surface area (Å²) in [6, 6.07) is 85.1. The van der Waals surface area contributed by atoms with E-state index in [1.165, 1.54) is 146 Å². The van der Waals surface area contributed by atoms with Gasteiger partial charge in [-0.25, -0.2) is 0 Å². The molecule has 4 N–H and O–H groups in total. The number of unbranched alkanes of at least 4 members (excludes halogenated alkanes) is 2. The fourth-order valence-corrected chi connectivity index (χ4v) is 10.6. The third kappa shape index (κ3) is 9.95. The number of rotatable bonds is 10. The van der Waals surface area contributed by atoms with Crippen molar-refractivity contribution in [2.45, 2.75) is 52.4 Å². The summed E-state index contributed by atoms with van der Waals surface area (Å²) >= 11 is 4.09. The molecule has 0 unspecified atom stereocenters. The zero-order valence-electron chi connectivity index (χ0n) is 41.2. The summed E-state index contributed by atoms with van der Waals surface area (Å²) in [5.41, 5.74) is 22.5. The quantitative estimate of drug-likeness (QED) is 0.106. The lowest BCUT2D eigenvalue weighted by Crippen LogP contribution is -2.18. The van der Waals surface area contributed by atoms with Crippen LogP contribution in [0.2, 0.25) is 0 Å². The lowest BCUT2D eigenvalue weighted by Gasteiger charge is -2.18. The van der Waals surface area contributed by atoms with E-state index < -0.39 is 0 Å². The highest BCUT2D eigenvalue weighted by molar-refractivity contribution is 7.80. The molecule has 0 spiro atoms. The van der Waals surface area contributed by atoms with Crippen molar-refractivity contribution in [3.63, 3.8) is 0 Å². The van der Waals surface area contributed by atoms with Gasteiger partial charge in [0.25, 0.3) is 0 Å². The summed E-state index contributed by atoms with van der Waals surface area (Å²) in [6.45, 7) is 4.51. The van der Waals surface area contributed by atoms with Crippen molar-refractivity contribution in [3.05, 3.63) is 242 Å². The van der Waals surface area contributed by atoms with Crippen LogP contribution in [0.1, 0.15) is 50.7 Å². The van der Waals surface area contributed by atoms with E-state index in [-0.39, 0.29) is 5.11 Å². The van der Waals surface area contributed by atoms with Crippen LogP contribution in [0.4, 0.5) is 0 Å². The number of fused-ring (bicyclic) bond motifs is 6. The van der Waals surface area contributed by atoms with Gasteiger partial charge >= 0.3 is 0 Å². The molecule has 3 heteroatoms. The summed E-state index contributed by atoms with van der Waals surface area (Å²) in [5, 5.41) is 15.6. The van der Waals surface area contributed by atoms with Crippen LogP contribution in [-0.2, 0) is 12.8 Å². The van der Waals surface area contributed by atoms with Crippen LogP contribution < -0.4 is 11.5 Å². The SMILES string of the molecule is CCCCc1ccc(-c2c3ccccc3c(-c3ccc4ccccc4c3)c3ccccc23)cc1.CCCCc1ccc(-c2c3ccccc3c(-c3ccc4ccccc4c3)c3ccccc23)cc1.NC(N)=S. The predicted molar refractivity (Wildman–Crippen MR) is 318 cm³/mol. The molecule has 72 heavy (non-hydrogen) atoms. The minimum Gasteiger partial charge on any atom is -0.377 e. The van der Waals surface area contributed by atoms with Crippen molar-refractivity contribution in [2.24, 2.45) is 11.5 Å². The Labute approximate surface area is 429 Å². The van der Waals surface area contributed by atoms with Crippen LogP contribution in [0.15, 0.2) is 231 Å². The fraction of sp³-hybridized carbons (Fsp3) is 0.116. The maximum atomic E-state index is 4.62. The van der Waals surface area contributed by atoms with Crippen molar-refractivity contribution >= 4 is 82.0 Å². The first-order chi connectivity index (χ1) is 35.4. The molecule has 352 valence electrons. The Balaban J connectivity index is 0.000000154. The van der Waals surface area contributed by atoms with Crippen LogP contribution in [0.5, 0.6) is 0 Å². The van der Waals surface area contributed by atoms with Crippen LogP contribution in [-0.4, -0.2) is 5.11 Å². The largest absolute Gasteiger partial charge is 0.377 e. The number of hydrogen-bond acceptors (Lipinski definition) is 1. The van der Waals surface area contributed by atoms with Gasteiger partial charge in [-0.3, -0.25) is 0 Å². The first-order valence-corrected chi connectivity index (χ1v) is 25.9. The van der Waals surface area contributed by atoms with E-state index in [1.807, 2.05) is 0 Å². The van der Waals surface area contributed by atoms with Gasteiger partial charge < -0.3 is 11.5 Å². The van der Waals surface area contributed by atoms with Crippen molar-refractivity contribution in [3.8, 4) is 44.5 Å². The molecule has 0 aliphatic heterocycles. The summed E-state index contributed by atoms with van der Waals surface area (Å²) in [5.74, 6) is 0. The minimum absolute atomic E-state index is 0.000000000000000222. The molecule has 0 amide bonds. The van der Waals surface area contributed by atoms with Crippen LogP contribution in [0, 0.1) is 0 Å². The smallest absolute Gasteiger partial charge is 0.160 e. The summed E-state index contributed by atoms with van der Waals surface area (Å²) < 4.78 is 0. The van der Waals surface area contributed by atoms with Gasteiger partial charge in [-0.05, 0) is 170 Å². The standard InChI is InChI=1S/2C34H28.CH4N2S/c2*1-2-3-10-24-17-19-26(20-18-24)33-29-13-6-8-15-31(29)34(32-16-9-7-14-30(32)33)28-22-21-25-11-4-5-12-27(25)23-28;2-1(3)4/h2*4-9,11-23H,2-3,10H2,1H3;(H4,2,3,4). The highest BCUT2D eigenvalue weighted by Crippen LogP contribution is 2.46. The monoisotopic (exact) mass is 948 g/mol. The topological polar surface area (TPSA) is 52.0 Å². The van der Waals surface area contributed by atoms with Gasteiger partial charge in [0.1, 0.15) is 0 Å². The molecule has 12 aromatic carbocycles. The second-order valence-electron chi connectivity index (χ2n) is 18.8. The first kappa shape index (κ1) is 47.6. The maximum Gasteiger partial charge on any atom is 0.160 e. The predicted octanol–water partition coefficient (Wildman–Crippen LogP) is 18.8. The third-order valence-corrected chi connectivity index (χ3v) is 14.1. The number of nitrogens with two attached hydrogens (primary N) is 2. The highest BCUT2D eigenvalue weighted by Gasteiger charge is 2.18. The molecule has 0 atom stereocenters. The average Bonchev–Trinajstić information content (AvgIpc) is 3.42. The summed E-state index contributed by atoms with van der Waals surface area (Å²) in [6.07, 6.45) is 7.25. The molecular formula is C69H60N2S. The molecule has 0 aliphatic rings.